The molecule has 0 bridgehead atoms. The fourth-order valence-electron chi connectivity index (χ4n) is 2.37. The quantitative estimate of drug-likeness (QED) is 0.546. The molecule has 2 aromatic carbocycles. The first-order valence-corrected chi connectivity index (χ1v) is 9.91. The number of hydrogen-bond acceptors (Lipinski definition) is 4. The van der Waals surface area contributed by atoms with E-state index in [2.05, 4.69) is 21.3 Å². The molecule has 0 aliphatic carbocycles. The van der Waals surface area contributed by atoms with Crippen molar-refractivity contribution in [3.05, 3.63) is 48.5 Å². The lowest BCUT2D eigenvalue weighted by atomic mass is 9.95. The van der Waals surface area contributed by atoms with E-state index in [-0.39, 0.29) is 30.2 Å². The van der Waals surface area contributed by atoms with Crippen LogP contribution in [0.4, 0.5) is 22.7 Å². The summed E-state index contributed by atoms with van der Waals surface area (Å²) >= 11 is 0. The second-order valence-electron chi connectivity index (χ2n) is 8.41. The van der Waals surface area contributed by atoms with Gasteiger partial charge in [0, 0.05) is 34.1 Å². The zero-order valence-corrected chi connectivity index (χ0v) is 18.1. The molecule has 0 saturated carbocycles. The molecule has 0 heterocycles. The Kier molecular flexibility index (Phi) is 7.58. The van der Waals surface area contributed by atoms with E-state index in [1.165, 1.54) is 0 Å². The van der Waals surface area contributed by atoms with Crippen LogP contribution in [-0.2, 0) is 14.4 Å². The Labute approximate surface area is 177 Å². The Morgan fingerprint density at radius 2 is 1.30 bits per heavy atom. The van der Waals surface area contributed by atoms with Crippen molar-refractivity contribution >= 4 is 40.5 Å². The van der Waals surface area contributed by atoms with Gasteiger partial charge in [0.05, 0.1) is 6.54 Å². The Morgan fingerprint density at radius 1 is 0.800 bits per heavy atom. The van der Waals surface area contributed by atoms with Crippen LogP contribution in [0.25, 0.3) is 0 Å². The lowest BCUT2D eigenvalue weighted by molar-refractivity contribution is -0.123. The number of amides is 3. The van der Waals surface area contributed by atoms with Gasteiger partial charge in [-0.25, -0.2) is 0 Å². The highest BCUT2D eigenvalue weighted by molar-refractivity contribution is 5.97. The molecule has 2 aromatic rings. The van der Waals surface area contributed by atoms with E-state index in [9.17, 15) is 14.4 Å². The maximum atomic E-state index is 12.3. The van der Waals surface area contributed by atoms with Crippen LogP contribution >= 0.6 is 0 Å². The van der Waals surface area contributed by atoms with Crippen LogP contribution in [0, 0.1) is 11.3 Å². The highest BCUT2D eigenvalue weighted by Crippen LogP contribution is 2.20. The molecule has 0 aliphatic heterocycles. The number of carbonyl (C=O) groups is 3. The van der Waals surface area contributed by atoms with Gasteiger partial charge in [-0.15, -0.1) is 0 Å². The van der Waals surface area contributed by atoms with Crippen LogP contribution in [0.5, 0.6) is 0 Å². The van der Waals surface area contributed by atoms with Gasteiger partial charge in [-0.1, -0.05) is 46.8 Å². The third-order valence-corrected chi connectivity index (χ3v) is 4.19. The van der Waals surface area contributed by atoms with Crippen molar-refractivity contribution in [2.45, 2.75) is 34.6 Å². The molecular weight excluding hydrogens is 380 g/mol. The molecule has 7 nitrogen and oxygen atoms in total. The van der Waals surface area contributed by atoms with E-state index < -0.39 is 5.41 Å². The van der Waals surface area contributed by atoms with Crippen molar-refractivity contribution in [2.24, 2.45) is 11.3 Å². The lowest BCUT2D eigenvalue weighted by Crippen LogP contribution is -2.27. The van der Waals surface area contributed by atoms with E-state index in [4.69, 9.17) is 0 Å². The van der Waals surface area contributed by atoms with Crippen molar-refractivity contribution in [1.29, 1.82) is 0 Å². The van der Waals surface area contributed by atoms with Crippen LogP contribution in [0.3, 0.4) is 0 Å². The summed E-state index contributed by atoms with van der Waals surface area (Å²) in [7, 11) is 0. The molecule has 0 radical (unpaired) electrons. The second kappa shape index (κ2) is 9.91. The summed E-state index contributed by atoms with van der Waals surface area (Å²) < 4.78 is 0. The third kappa shape index (κ3) is 7.24. The molecule has 0 unspecified atom stereocenters. The number of nitrogens with one attached hydrogen (secondary N) is 4. The Hall–Kier alpha value is -3.35. The van der Waals surface area contributed by atoms with Crippen LogP contribution in [0.15, 0.2) is 48.5 Å². The minimum atomic E-state index is -0.508. The summed E-state index contributed by atoms with van der Waals surface area (Å²) in [6, 6.07) is 14.2. The molecule has 0 fully saturated rings. The molecular formula is C23H30N4O3. The van der Waals surface area contributed by atoms with Gasteiger partial charge in [-0.3, -0.25) is 14.4 Å². The molecule has 0 aromatic heterocycles. The number of benzene rings is 2. The van der Waals surface area contributed by atoms with Gasteiger partial charge in [0.2, 0.25) is 17.7 Å². The molecule has 3 amide bonds. The fourth-order valence-corrected chi connectivity index (χ4v) is 2.37. The van der Waals surface area contributed by atoms with Gasteiger partial charge < -0.3 is 21.3 Å². The van der Waals surface area contributed by atoms with Crippen LogP contribution in [-0.4, -0.2) is 24.3 Å². The summed E-state index contributed by atoms with van der Waals surface area (Å²) in [5.74, 6) is -0.511. The predicted molar refractivity (Wildman–Crippen MR) is 122 cm³/mol. The van der Waals surface area contributed by atoms with Gasteiger partial charge in [0.25, 0.3) is 0 Å². The minimum absolute atomic E-state index is 0.0557. The van der Waals surface area contributed by atoms with Gasteiger partial charge >= 0.3 is 0 Å². The van der Waals surface area contributed by atoms with Crippen molar-refractivity contribution in [3.8, 4) is 0 Å². The van der Waals surface area contributed by atoms with E-state index in [0.717, 1.165) is 5.69 Å². The Morgan fingerprint density at radius 3 is 1.87 bits per heavy atom. The molecule has 4 N–H and O–H groups in total. The normalized spacial score (nSPS) is 11.0. The molecule has 0 spiro atoms. The zero-order valence-electron chi connectivity index (χ0n) is 18.1. The van der Waals surface area contributed by atoms with Crippen LogP contribution in [0.1, 0.15) is 34.6 Å². The minimum Gasteiger partial charge on any atom is -0.376 e. The third-order valence-electron chi connectivity index (χ3n) is 4.19. The summed E-state index contributed by atoms with van der Waals surface area (Å²) in [6.07, 6.45) is 0. The molecule has 2 rings (SSSR count). The Bertz CT molecular complexity index is 917. The number of hydrogen-bond donors (Lipinski definition) is 4. The van der Waals surface area contributed by atoms with Crippen molar-refractivity contribution in [3.63, 3.8) is 0 Å². The first-order chi connectivity index (χ1) is 14.0. The molecule has 160 valence electrons. The van der Waals surface area contributed by atoms with Crippen molar-refractivity contribution in [1.82, 2.24) is 0 Å². The first kappa shape index (κ1) is 22.9. The zero-order chi connectivity index (χ0) is 22.3. The van der Waals surface area contributed by atoms with Crippen LogP contribution in [0.2, 0.25) is 0 Å². The Balaban J connectivity index is 1.92. The van der Waals surface area contributed by atoms with Gasteiger partial charge in [-0.05, 0) is 36.4 Å². The van der Waals surface area contributed by atoms with Crippen LogP contribution < -0.4 is 21.3 Å². The number of carbonyl (C=O) groups excluding carboxylic acids is 3. The average molecular weight is 411 g/mol. The van der Waals surface area contributed by atoms with Gasteiger partial charge in [0.1, 0.15) is 0 Å². The summed E-state index contributed by atoms with van der Waals surface area (Å²) in [5.41, 5.74) is 2.09. The smallest absolute Gasteiger partial charge is 0.243 e. The largest absolute Gasteiger partial charge is 0.376 e. The molecule has 0 aliphatic rings. The monoisotopic (exact) mass is 410 g/mol. The topological polar surface area (TPSA) is 99.3 Å². The van der Waals surface area contributed by atoms with Gasteiger partial charge in [0.15, 0.2) is 0 Å². The van der Waals surface area contributed by atoms with Crippen molar-refractivity contribution in [2.75, 3.05) is 27.8 Å². The lowest BCUT2D eigenvalue weighted by Gasteiger charge is -2.18. The summed E-state index contributed by atoms with van der Waals surface area (Å²) in [4.78, 5) is 36.2. The first-order valence-electron chi connectivity index (χ1n) is 9.91. The molecule has 30 heavy (non-hydrogen) atoms. The van der Waals surface area contributed by atoms with E-state index >= 15 is 0 Å². The van der Waals surface area contributed by atoms with E-state index in [1.807, 2.05) is 40.7 Å². The maximum Gasteiger partial charge on any atom is 0.243 e. The van der Waals surface area contributed by atoms with Gasteiger partial charge in [-0.2, -0.15) is 0 Å². The van der Waals surface area contributed by atoms with E-state index in [1.54, 1.807) is 42.5 Å². The van der Waals surface area contributed by atoms with Crippen molar-refractivity contribution < 1.29 is 14.4 Å². The van der Waals surface area contributed by atoms with E-state index in [0.29, 0.717) is 17.1 Å². The summed E-state index contributed by atoms with van der Waals surface area (Å²) in [6.45, 7) is 9.21. The fraction of sp³-hybridized carbons (Fsp3) is 0.348. The predicted octanol–water partition coefficient (Wildman–Crippen LogP) is 4.32. The molecule has 0 saturated heterocycles. The number of anilines is 4. The highest BCUT2D eigenvalue weighted by atomic mass is 16.2. The average Bonchev–Trinajstić information content (AvgIpc) is 2.66. The number of rotatable bonds is 7. The molecule has 7 heteroatoms. The second-order valence-corrected chi connectivity index (χ2v) is 8.41. The highest BCUT2D eigenvalue weighted by Gasteiger charge is 2.21. The SMILES string of the molecule is CC(C)C(=O)Nc1cccc(NCC(=O)Nc2cccc(NC(=O)C(C)(C)C)c2)c1. The molecule has 0 atom stereocenters. The maximum absolute atomic E-state index is 12.3. The standard InChI is InChI=1S/C23H30N4O3/c1-15(2)21(29)26-18-10-6-8-16(12-18)24-14-20(28)25-17-9-7-11-19(13-17)27-22(30)23(3,4)5/h6-13,15,24H,14H2,1-5H3,(H,25,28)(H,26,29)(H,27,30). The summed E-state index contributed by atoms with van der Waals surface area (Å²) in [5, 5.41) is 11.5.